The normalized spacial score (nSPS) is 24.5. The molecule has 0 radical (unpaired) electrons. The second-order valence-electron chi connectivity index (χ2n) is 4.84. The highest BCUT2D eigenvalue weighted by Crippen LogP contribution is 2.25. The summed E-state index contributed by atoms with van der Waals surface area (Å²) in [5, 5.41) is 13.2. The van der Waals surface area contributed by atoms with Gasteiger partial charge in [-0.2, -0.15) is 0 Å². The molecule has 0 aromatic heterocycles. The fourth-order valence-electron chi connectivity index (χ4n) is 2.36. The molecule has 17 heavy (non-hydrogen) atoms. The van der Waals surface area contributed by atoms with E-state index in [2.05, 4.69) is 5.32 Å². The van der Waals surface area contributed by atoms with Gasteiger partial charge in [0.15, 0.2) is 0 Å². The Bertz CT molecular complexity index is 381. The third kappa shape index (κ3) is 3.03. The molecule has 1 aromatic carbocycles. The van der Waals surface area contributed by atoms with Crippen molar-refractivity contribution in [1.82, 2.24) is 0 Å². The molecule has 2 atom stereocenters. The van der Waals surface area contributed by atoms with Crippen LogP contribution in [0.3, 0.4) is 0 Å². The van der Waals surface area contributed by atoms with Crippen LogP contribution >= 0.6 is 0 Å². The molecule has 2 rings (SSSR count). The van der Waals surface area contributed by atoms with Gasteiger partial charge in [-0.15, -0.1) is 0 Å². The number of benzene rings is 1. The minimum atomic E-state index is -0.164. The molecule has 0 amide bonds. The molecule has 2 unspecified atom stereocenters. The van der Waals surface area contributed by atoms with Crippen LogP contribution in [0.1, 0.15) is 25.7 Å². The highest BCUT2D eigenvalue weighted by molar-refractivity contribution is 5.69. The van der Waals surface area contributed by atoms with E-state index < -0.39 is 0 Å². The van der Waals surface area contributed by atoms with Crippen LogP contribution in [0.15, 0.2) is 18.2 Å². The van der Waals surface area contributed by atoms with Crippen LogP contribution in [0.2, 0.25) is 0 Å². The monoisotopic (exact) mass is 235 g/mol. The van der Waals surface area contributed by atoms with E-state index in [-0.39, 0.29) is 6.10 Å². The molecule has 0 saturated heterocycles. The number of rotatable bonds is 3. The standard InChI is InChI=1S/C13H21N3O/c14-11-6-5-10(7-12(11)15)16-8-9-3-1-2-4-13(9)17/h5-7,9,13,16-17H,1-4,8,14-15H2. The number of nitrogens with one attached hydrogen (secondary N) is 1. The summed E-state index contributed by atoms with van der Waals surface area (Å²) in [4.78, 5) is 0. The lowest BCUT2D eigenvalue weighted by molar-refractivity contribution is 0.0763. The van der Waals surface area contributed by atoms with Gasteiger partial charge < -0.3 is 21.9 Å². The Morgan fingerprint density at radius 3 is 2.65 bits per heavy atom. The topological polar surface area (TPSA) is 84.3 Å². The second kappa shape index (κ2) is 5.27. The summed E-state index contributed by atoms with van der Waals surface area (Å²) < 4.78 is 0. The van der Waals surface area contributed by atoms with Crippen molar-refractivity contribution in [2.24, 2.45) is 5.92 Å². The van der Waals surface area contributed by atoms with E-state index in [1.807, 2.05) is 12.1 Å². The van der Waals surface area contributed by atoms with Gasteiger partial charge in [0.1, 0.15) is 0 Å². The van der Waals surface area contributed by atoms with Crippen LogP contribution < -0.4 is 16.8 Å². The van der Waals surface area contributed by atoms with Gasteiger partial charge in [0, 0.05) is 18.2 Å². The van der Waals surface area contributed by atoms with Gasteiger partial charge >= 0.3 is 0 Å². The zero-order valence-electron chi connectivity index (χ0n) is 10.0. The van der Waals surface area contributed by atoms with E-state index in [0.717, 1.165) is 31.5 Å². The molecule has 1 saturated carbocycles. The van der Waals surface area contributed by atoms with E-state index in [1.54, 1.807) is 6.07 Å². The maximum atomic E-state index is 9.86. The first-order chi connectivity index (χ1) is 8.16. The summed E-state index contributed by atoms with van der Waals surface area (Å²) in [6, 6.07) is 5.56. The maximum absolute atomic E-state index is 9.86. The number of aliphatic hydroxyl groups is 1. The van der Waals surface area contributed by atoms with Gasteiger partial charge in [0.25, 0.3) is 0 Å². The third-order valence-corrected chi connectivity index (χ3v) is 3.52. The second-order valence-corrected chi connectivity index (χ2v) is 4.84. The molecule has 4 nitrogen and oxygen atoms in total. The Morgan fingerprint density at radius 2 is 1.94 bits per heavy atom. The van der Waals surface area contributed by atoms with Gasteiger partial charge in [-0.25, -0.2) is 0 Å². The van der Waals surface area contributed by atoms with E-state index in [1.165, 1.54) is 6.42 Å². The lowest BCUT2D eigenvalue weighted by Crippen LogP contribution is -2.30. The lowest BCUT2D eigenvalue weighted by atomic mass is 9.86. The zero-order valence-corrected chi connectivity index (χ0v) is 10.0. The number of aliphatic hydroxyl groups excluding tert-OH is 1. The molecule has 1 aliphatic rings. The van der Waals surface area contributed by atoms with Gasteiger partial charge in [0.2, 0.25) is 0 Å². The summed E-state index contributed by atoms with van der Waals surface area (Å²) >= 11 is 0. The summed E-state index contributed by atoms with van der Waals surface area (Å²) in [5.41, 5.74) is 13.6. The van der Waals surface area contributed by atoms with Crippen LogP contribution in [0, 0.1) is 5.92 Å². The molecule has 0 aliphatic heterocycles. The molecular formula is C13H21N3O. The van der Waals surface area contributed by atoms with Crippen molar-refractivity contribution in [2.45, 2.75) is 31.8 Å². The van der Waals surface area contributed by atoms with Crippen LogP contribution in [0.4, 0.5) is 17.1 Å². The Hall–Kier alpha value is -1.42. The molecule has 1 fully saturated rings. The van der Waals surface area contributed by atoms with E-state index in [0.29, 0.717) is 17.3 Å². The first kappa shape index (κ1) is 12.0. The molecular weight excluding hydrogens is 214 g/mol. The van der Waals surface area contributed by atoms with E-state index in [9.17, 15) is 5.11 Å². The highest BCUT2D eigenvalue weighted by Gasteiger charge is 2.22. The van der Waals surface area contributed by atoms with Crippen molar-refractivity contribution in [3.05, 3.63) is 18.2 Å². The van der Waals surface area contributed by atoms with Crippen molar-refractivity contribution in [3.8, 4) is 0 Å². The van der Waals surface area contributed by atoms with Crippen LogP contribution in [-0.2, 0) is 0 Å². The van der Waals surface area contributed by atoms with Crippen molar-refractivity contribution >= 4 is 17.1 Å². The molecule has 4 heteroatoms. The maximum Gasteiger partial charge on any atom is 0.0585 e. The van der Waals surface area contributed by atoms with Gasteiger partial charge in [-0.1, -0.05) is 12.8 Å². The minimum Gasteiger partial charge on any atom is -0.397 e. The predicted molar refractivity (Wildman–Crippen MR) is 71.7 cm³/mol. The largest absolute Gasteiger partial charge is 0.397 e. The number of nitrogen functional groups attached to an aromatic ring is 2. The molecule has 0 bridgehead atoms. The average Bonchev–Trinajstić information content (AvgIpc) is 2.32. The predicted octanol–water partition coefficient (Wildman–Crippen LogP) is 1.81. The van der Waals surface area contributed by atoms with Crippen LogP contribution in [0.25, 0.3) is 0 Å². The van der Waals surface area contributed by atoms with Gasteiger partial charge in [-0.3, -0.25) is 0 Å². The summed E-state index contributed by atoms with van der Waals surface area (Å²) in [6.07, 6.45) is 4.22. The molecule has 0 spiro atoms. The number of hydrogen-bond acceptors (Lipinski definition) is 4. The molecule has 0 heterocycles. The molecule has 1 aliphatic carbocycles. The first-order valence-corrected chi connectivity index (χ1v) is 6.24. The average molecular weight is 235 g/mol. The fraction of sp³-hybridized carbons (Fsp3) is 0.538. The Balaban J connectivity index is 1.90. The zero-order chi connectivity index (χ0) is 12.3. The van der Waals surface area contributed by atoms with Gasteiger partial charge in [-0.05, 0) is 31.0 Å². The fourth-order valence-corrected chi connectivity index (χ4v) is 2.36. The highest BCUT2D eigenvalue weighted by atomic mass is 16.3. The summed E-state index contributed by atoms with van der Waals surface area (Å²) in [7, 11) is 0. The van der Waals surface area contributed by atoms with E-state index in [4.69, 9.17) is 11.5 Å². The summed E-state index contributed by atoms with van der Waals surface area (Å²) in [6.45, 7) is 0.796. The van der Waals surface area contributed by atoms with Crippen molar-refractivity contribution < 1.29 is 5.11 Å². The van der Waals surface area contributed by atoms with Crippen molar-refractivity contribution in [3.63, 3.8) is 0 Å². The van der Waals surface area contributed by atoms with Crippen molar-refractivity contribution in [1.29, 1.82) is 0 Å². The molecule has 94 valence electrons. The minimum absolute atomic E-state index is 0.164. The van der Waals surface area contributed by atoms with Gasteiger partial charge in [0.05, 0.1) is 17.5 Å². The smallest absolute Gasteiger partial charge is 0.0585 e. The number of nitrogens with two attached hydrogens (primary N) is 2. The van der Waals surface area contributed by atoms with Crippen LogP contribution in [-0.4, -0.2) is 17.8 Å². The Labute approximate surface area is 102 Å². The third-order valence-electron chi connectivity index (χ3n) is 3.52. The molecule has 6 N–H and O–H groups in total. The Kier molecular flexibility index (Phi) is 3.74. The lowest BCUT2D eigenvalue weighted by Gasteiger charge is -2.28. The number of hydrogen-bond donors (Lipinski definition) is 4. The molecule has 1 aromatic rings. The quantitative estimate of drug-likeness (QED) is 0.602. The SMILES string of the molecule is Nc1ccc(NCC2CCCCC2O)cc1N. The summed E-state index contributed by atoms with van der Waals surface area (Å²) in [5.74, 6) is 0.350. The van der Waals surface area contributed by atoms with E-state index >= 15 is 0 Å². The number of anilines is 3. The van der Waals surface area contributed by atoms with Crippen LogP contribution in [0.5, 0.6) is 0 Å². The van der Waals surface area contributed by atoms with Crippen molar-refractivity contribution in [2.75, 3.05) is 23.3 Å². The Morgan fingerprint density at radius 1 is 1.18 bits per heavy atom. The first-order valence-electron chi connectivity index (χ1n) is 6.24.